The third-order valence-corrected chi connectivity index (χ3v) is 6.56. The summed E-state index contributed by atoms with van der Waals surface area (Å²) in [6.07, 6.45) is 3.85. The normalized spacial score (nSPS) is 27.6. The molecule has 3 saturated heterocycles. The minimum Gasteiger partial charge on any atom is -0.381 e. The highest BCUT2D eigenvalue weighted by Gasteiger charge is 2.25. The quantitative estimate of drug-likeness (QED) is 0.784. The lowest BCUT2D eigenvalue weighted by Gasteiger charge is -2.15. The number of likely N-dealkylation sites (tertiary alicyclic amines) is 1. The number of hydrogen-bond acceptors (Lipinski definition) is 3. The van der Waals surface area contributed by atoms with Crippen molar-refractivity contribution in [2.75, 3.05) is 39.4 Å². The monoisotopic (exact) mass is 382 g/mol. The van der Waals surface area contributed by atoms with Gasteiger partial charge in [-0.05, 0) is 67.9 Å². The fraction of sp³-hybridized carbons (Fsp3) is 0.957. The van der Waals surface area contributed by atoms with E-state index in [9.17, 15) is 4.79 Å². The van der Waals surface area contributed by atoms with Crippen LogP contribution < -0.4 is 5.32 Å². The fourth-order valence-electron chi connectivity index (χ4n) is 3.94. The number of rotatable bonds is 3. The van der Waals surface area contributed by atoms with E-state index in [2.05, 4.69) is 46.9 Å². The number of carbonyl (C=O) groups excluding carboxylic acids is 1. The number of amides is 1. The Labute approximate surface area is 168 Å². The molecule has 0 aliphatic carbocycles. The van der Waals surface area contributed by atoms with E-state index in [0.29, 0.717) is 0 Å². The fourth-order valence-corrected chi connectivity index (χ4v) is 3.94. The van der Waals surface area contributed by atoms with E-state index in [-0.39, 0.29) is 5.91 Å². The van der Waals surface area contributed by atoms with Gasteiger partial charge < -0.3 is 15.0 Å². The Morgan fingerprint density at radius 2 is 1.56 bits per heavy atom. The van der Waals surface area contributed by atoms with Gasteiger partial charge in [-0.15, -0.1) is 0 Å². The van der Waals surface area contributed by atoms with Gasteiger partial charge in [-0.25, -0.2) is 0 Å². The van der Waals surface area contributed by atoms with Crippen molar-refractivity contribution >= 4 is 5.91 Å². The predicted octanol–water partition coefficient (Wildman–Crippen LogP) is 4.44. The molecule has 3 aliphatic heterocycles. The zero-order chi connectivity index (χ0) is 20.4. The van der Waals surface area contributed by atoms with Crippen LogP contribution in [0.5, 0.6) is 0 Å². The summed E-state index contributed by atoms with van der Waals surface area (Å²) < 4.78 is 5.22. The molecule has 4 heteroatoms. The molecule has 0 spiro atoms. The third kappa shape index (κ3) is 9.43. The van der Waals surface area contributed by atoms with Crippen LogP contribution in [0.25, 0.3) is 0 Å². The molecule has 1 amide bonds. The molecule has 3 rings (SSSR count). The van der Waals surface area contributed by atoms with E-state index in [1.165, 1.54) is 32.4 Å². The van der Waals surface area contributed by atoms with E-state index >= 15 is 0 Å². The lowest BCUT2D eigenvalue weighted by Crippen LogP contribution is -2.26. The molecule has 0 aromatic rings. The first-order chi connectivity index (χ1) is 12.7. The Morgan fingerprint density at radius 3 is 1.81 bits per heavy atom. The van der Waals surface area contributed by atoms with Crippen molar-refractivity contribution in [2.24, 2.45) is 35.5 Å². The van der Waals surface area contributed by atoms with Gasteiger partial charge in [-0.3, -0.25) is 4.79 Å². The van der Waals surface area contributed by atoms with E-state index in [1.54, 1.807) is 6.92 Å². The molecule has 3 heterocycles. The summed E-state index contributed by atoms with van der Waals surface area (Å²) in [7, 11) is 0. The smallest absolute Gasteiger partial charge is 0.219 e. The number of ether oxygens (including phenoxy) is 1. The second-order valence-electron chi connectivity index (χ2n) is 9.62. The predicted molar refractivity (Wildman–Crippen MR) is 115 cm³/mol. The third-order valence-electron chi connectivity index (χ3n) is 6.56. The highest BCUT2D eigenvalue weighted by atomic mass is 16.5. The average Bonchev–Trinajstić information content (AvgIpc) is 3.37. The number of hydrogen-bond donors (Lipinski definition) is 1. The Kier molecular flexibility index (Phi) is 11.6. The summed E-state index contributed by atoms with van der Waals surface area (Å²) in [6.45, 7) is 21.7. The summed E-state index contributed by atoms with van der Waals surface area (Å²) in [4.78, 5) is 12.9. The first kappa shape index (κ1) is 24.4. The minimum absolute atomic E-state index is 0.230. The molecule has 0 bridgehead atoms. The summed E-state index contributed by atoms with van der Waals surface area (Å²) in [6, 6.07) is 0. The Balaban J connectivity index is 0.000000206. The van der Waals surface area contributed by atoms with E-state index in [0.717, 1.165) is 61.8 Å². The highest BCUT2D eigenvalue weighted by molar-refractivity contribution is 5.73. The van der Waals surface area contributed by atoms with Crippen molar-refractivity contribution in [1.29, 1.82) is 0 Å². The molecular formula is C23H46N2O2. The zero-order valence-electron chi connectivity index (χ0n) is 19.1. The second-order valence-corrected chi connectivity index (χ2v) is 9.62. The molecule has 27 heavy (non-hydrogen) atoms. The van der Waals surface area contributed by atoms with Gasteiger partial charge in [-0.2, -0.15) is 0 Å². The minimum atomic E-state index is 0.230. The van der Waals surface area contributed by atoms with Gasteiger partial charge in [0.05, 0.1) is 0 Å². The van der Waals surface area contributed by atoms with E-state index < -0.39 is 0 Å². The summed E-state index contributed by atoms with van der Waals surface area (Å²) in [5.74, 6) is 5.18. The van der Waals surface area contributed by atoms with Crippen molar-refractivity contribution in [3.05, 3.63) is 0 Å². The number of nitrogens with one attached hydrogen (secondary N) is 1. The van der Waals surface area contributed by atoms with Crippen LogP contribution in [0.4, 0.5) is 0 Å². The maximum Gasteiger partial charge on any atom is 0.219 e. The van der Waals surface area contributed by atoms with Crippen molar-refractivity contribution in [2.45, 2.75) is 67.7 Å². The van der Waals surface area contributed by atoms with Crippen LogP contribution in [0, 0.1) is 35.5 Å². The molecule has 1 N–H and O–H groups in total. The van der Waals surface area contributed by atoms with Crippen molar-refractivity contribution in [3.63, 3.8) is 0 Å². The molecule has 3 fully saturated rings. The topological polar surface area (TPSA) is 41.6 Å². The van der Waals surface area contributed by atoms with Crippen LogP contribution in [0.2, 0.25) is 0 Å². The average molecular weight is 383 g/mol. The van der Waals surface area contributed by atoms with Crippen molar-refractivity contribution in [1.82, 2.24) is 10.2 Å². The molecule has 3 unspecified atom stereocenters. The maximum atomic E-state index is 10.9. The van der Waals surface area contributed by atoms with Gasteiger partial charge in [0, 0.05) is 33.2 Å². The first-order valence-electron chi connectivity index (χ1n) is 11.3. The Bertz CT molecular complexity index is 377. The van der Waals surface area contributed by atoms with Crippen molar-refractivity contribution < 1.29 is 9.53 Å². The van der Waals surface area contributed by atoms with Crippen molar-refractivity contribution in [3.8, 4) is 0 Å². The maximum absolute atomic E-state index is 10.9. The SMILES string of the molecule is CC(=O)N1CCC(C(C)C)C1.CC(C)C1CCNC1.CC(C)C1CCOC1. The zero-order valence-corrected chi connectivity index (χ0v) is 19.1. The van der Waals surface area contributed by atoms with Gasteiger partial charge >= 0.3 is 0 Å². The van der Waals surface area contributed by atoms with Gasteiger partial charge in [-0.1, -0.05) is 41.5 Å². The number of nitrogens with zero attached hydrogens (tertiary/aromatic N) is 1. The van der Waals surface area contributed by atoms with Crippen LogP contribution in [-0.2, 0) is 9.53 Å². The van der Waals surface area contributed by atoms with Gasteiger partial charge in [0.2, 0.25) is 5.91 Å². The molecule has 160 valence electrons. The second kappa shape index (κ2) is 12.8. The van der Waals surface area contributed by atoms with Gasteiger partial charge in [0.15, 0.2) is 0 Å². The van der Waals surface area contributed by atoms with Gasteiger partial charge in [0.25, 0.3) is 0 Å². The van der Waals surface area contributed by atoms with Crippen LogP contribution in [0.3, 0.4) is 0 Å². The molecule has 0 aromatic heterocycles. The summed E-state index contributed by atoms with van der Waals surface area (Å²) >= 11 is 0. The summed E-state index contributed by atoms with van der Waals surface area (Å²) in [5, 5.41) is 3.35. The van der Waals surface area contributed by atoms with Gasteiger partial charge in [0.1, 0.15) is 0 Å². The molecule has 3 aliphatic rings. The van der Waals surface area contributed by atoms with E-state index in [1.807, 2.05) is 4.90 Å². The van der Waals surface area contributed by atoms with Crippen LogP contribution in [0.15, 0.2) is 0 Å². The van der Waals surface area contributed by atoms with Crippen LogP contribution in [-0.4, -0.2) is 50.2 Å². The summed E-state index contributed by atoms with van der Waals surface area (Å²) in [5.41, 5.74) is 0. The molecular weight excluding hydrogens is 336 g/mol. The molecule has 3 atom stereocenters. The molecule has 0 aromatic carbocycles. The number of carbonyl (C=O) groups is 1. The Morgan fingerprint density at radius 1 is 0.926 bits per heavy atom. The van der Waals surface area contributed by atoms with Crippen LogP contribution in [0.1, 0.15) is 67.7 Å². The lowest BCUT2D eigenvalue weighted by atomic mass is 9.95. The standard InChI is InChI=1S/C9H17NO.C7H15N.C7H14O/c1-7(2)9-4-5-10(6-9)8(3)11;2*1-6(2)7-3-4-8-5-7/h7,9H,4-6H2,1-3H3;6-8H,3-5H2,1-2H3;6-7H,3-5H2,1-2H3. The first-order valence-corrected chi connectivity index (χ1v) is 11.3. The largest absolute Gasteiger partial charge is 0.381 e. The molecule has 0 saturated carbocycles. The van der Waals surface area contributed by atoms with E-state index in [4.69, 9.17) is 4.74 Å². The molecule has 4 nitrogen and oxygen atoms in total. The van der Waals surface area contributed by atoms with Crippen LogP contribution >= 0.6 is 0 Å². The lowest BCUT2D eigenvalue weighted by molar-refractivity contribution is -0.127. The Hall–Kier alpha value is -0.610. The molecule has 0 radical (unpaired) electrons. The highest BCUT2D eigenvalue weighted by Crippen LogP contribution is 2.23.